The van der Waals surface area contributed by atoms with Crippen molar-refractivity contribution in [3.63, 3.8) is 0 Å². The fourth-order valence-corrected chi connectivity index (χ4v) is 12.5. The number of allylic oxidation sites excluding steroid dienone is 2. The van der Waals surface area contributed by atoms with Gasteiger partial charge in [0.15, 0.2) is 0 Å². The van der Waals surface area contributed by atoms with E-state index in [1.54, 1.807) is 0 Å². The van der Waals surface area contributed by atoms with Crippen LogP contribution in [0.25, 0.3) is 0 Å². The highest BCUT2D eigenvalue weighted by Gasteiger charge is 2.20. The third-order valence-corrected chi connectivity index (χ3v) is 18.3. The van der Waals surface area contributed by atoms with Gasteiger partial charge in [-0.2, -0.15) is 0 Å². The van der Waals surface area contributed by atoms with Gasteiger partial charge in [0.05, 0.1) is 25.4 Å². The van der Waals surface area contributed by atoms with Crippen LogP contribution >= 0.6 is 0 Å². The fourth-order valence-electron chi connectivity index (χ4n) is 12.5. The summed E-state index contributed by atoms with van der Waals surface area (Å²) >= 11 is 0. The average molecular weight is 1170 g/mol. The summed E-state index contributed by atoms with van der Waals surface area (Å²) < 4.78 is 5.50. The highest BCUT2D eigenvalue weighted by Crippen LogP contribution is 2.20. The van der Waals surface area contributed by atoms with Crippen molar-refractivity contribution in [3.8, 4) is 0 Å². The number of unbranched alkanes of at least 4 members (excludes halogenated alkanes) is 60. The van der Waals surface area contributed by atoms with Crippen LogP contribution in [0.2, 0.25) is 0 Å². The van der Waals surface area contributed by atoms with Crippen molar-refractivity contribution in [2.45, 2.75) is 456 Å². The van der Waals surface area contributed by atoms with E-state index in [2.05, 4.69) is 31.3 Å². The number of aliphatic hydroxyl groups is 2. The Morgan fingerprint density at radius 3 is 0.855 bits per heavy atom. The molecule has 2 unspecified atom stereocenters. The molecule has 0 heterocycles. The molecule has 3 N–H and O–H groups in total. The number of hydrogen-bond donors (Lipinski definition) is 3. The van der Waals surface area contributed by atoms with Gasteiger partial charge in [0.25, 0.3) is 0 Å². The Hall–Kier alpha value is -1.40. The zero-order valence-electron chi connectivity index (χ0n) is 56.7. The zero-order valence-corrected chi connectivity index (χ0v) is 56.7. The lowest BCUT2D eigenvalue weighted by molar-refractivity contribution is -0.143. The molecule has 2 atom stereocenters. The first-order valence-electron chi connectivity index (χ1n) is 38.4. The average Bonchev–Trinajstić information content (AvgIpc) is 3.49. The van der Waals surface area contributed by atoms with E-state index in [0.717, 1.165) is 44.9 Å². The Bertz CT molecular complexity index is 1260. The lowest BCUT2D eigenvalue weighted by Gasteiger charge is -2.22. The highest BCUT2D eigenvalue weighted by atomic mass is 16.5. The summed E-state index contributed by atoms with van der Waals surface area (Å²) in [7, 11) is 0. The molecule has 6 heteroatoms. The summed E-state index contributed by atoms with van der Waals surface area (Å²) in [5, 5.41) is 23.5. The number of ether oxygens (including phenoxy) is 1. The highest BCUT2D eigenvalue weighted by molar-refractivity contribution is 5.76. The number of nitrogens with one attached hydrogen (secondary N) is 1. The number of carbonyl (C=O) groups excluding carboxylic acids is 2. The van der Waals surface area contributed by atoms with Crippen LogP contribution in [-0.2, 0) is 14.3 Å². The van der Waals surface area contributed by atoms with Crippen molar-refractivity contribution in [1.82, 2.24) is 5.32 Å². The van der Waals surface area contributed by atoms with Crippen LogP contribution in [-0.4, -0.2) is 47.4 Å². The van der Waals surface area contributed by atoms with E-state index in [9.17, 15) is 19.8 Å². The van der Waals surface area contributed by atoms with Gasteiger partial charge in [-0.1, -0.05) is 392 Å². The first-order valence-corrected chi connectivity index (χ1v) is 38.4. The van der Waals surface area contributed by atoms with Gasteiger partial charge in [-0.05, 0) is 51.4 Å². The number of carbonyl (C=O) groups is 2. The Kier molecular flexibility index (Phi) is 71.8. The van der Waals surface area contributed by atoms with Crippen LogP contribution in [0.3, 0.4) is 0 Å². The predicted molar refractivity (Wildman–Crippen MR) is 366 cm³/mol. The number of esters is 1. The maximum Gasteiger partial charge on any atom is 0.305 e. The molecule has 0 rings (SSSR count). The summed E-state index contributed by atoms with van der Waals surface area (Å²) in [6, 6.07) is -0.541. The normalized spacial score (nSPS) is 12.5. The molecule has 0 fully saturated rings. The maximum atomic E-state index is 12.6. The molecular formula is C77H151NO5. The third kappa shape index (κ3) is 69.6. The molecule has 0 aromatic rings. The molecule has 0 bridgehead atoms. The summed E-state index contributed by atoms with van der Waals surface area (Å²) in [6.45, 7) is 5.00. The summed E-state index contributed by atoms with van der Waals surface area (Å²) in [5.41, 5.74) is 0. The Morgan fingerprint density at radius 2 is 0.566 bits per heavy atom. The molecule has 0 radical (unpaired) electrons. The molecule has 0 saturated heterocycles. The summed E-state index contributed by atoms with van der Waals surface area (Å²) in [4.78, 5) is 24.7. The van der Waals surface area contributed by atoms with Crippen molar-refractivity contribution in [3.05, 3.63) is 12.2 Å². The van der Waals surface area contributed by atoms with Crippen LogP contribution < -0.4 is 5.32 Å². The minimum Gasteiger partial charge on any atom is -0.466 e. The minimum atomic E-state index is -0.664. The number of rotatable bonds is 73. The maximum absolute atomic E-state index is 12.6. The lowest BCUT2D eigenvalue weighted by atomic mass is 10.0. The van der Waals surface area contributed by atoms with Crippen molar-refractivity contribution in [2.24, 2.45) is 0 Å². The second-order valence-corrected chi connectivity index (χ2v) is 26.7. The molecule has 0 aromatic heterocycles. The second-order valence-electron chi connectivity index (χ2n) is 26.7. The van der Waals surface area contributed by atoms with Crippen LogP contribution in [0.1, 0.15) is 444 Å². The Morgan fingerprint density at radius 1 is 0.325 bits per heavy atom. The molecule has 0 saturated carbocycles. The van der Waals surface area contributed by atoms with E-state index in [4.69, 9.17) is 4.74 Å². The third-order valence-electron chi connectivity index (χ3n) is 18.3. The van der Waals surface area contributed by atoms with Crippen LogP contribution in [0.4, 0.5) is 0 Å². The van der Waals surface area contributed by atoms with Crippen molar-refractivity contribution in [1.29, 1.82) is 0 Å². The number of amides is 1. The molecule has 83 heavy (non-hydrogen) atoms. The van der Waals surface area contributed by atoms with E-state index in [0.29, 0.717) is 25.9 Å². The van der Waals surface area contributed by atoms with E-state index in [-0.39, 0.29) is 18.5 Å². The largest absolute Gasteiger partial charge is 0.466 e. The molecule has 0 aliphatic carbocycles. The molecule has 1 amide bonds. The van der Waals surface area contributed by atoms with Crippen LogP contribution in [0.5, 0.6) is 0 Å². The Labute approximate surface area is 520 Å². The SMILES string of the molecule is CCCCCCCC/C=C\CCCCCCCC(=O)OCCCCCCCCCCCCCCCCCCCCCCCCCCCCC(=O)NC(CO)C(O)CCCCCCCCCCCCCCCCCCCCCCCCCCC. The first kappa shape index (κ1) is 81.6. The first-order chi connectivity index (χ1) is 41.0. The molecule has 6 nitrogen and oxygen atoms in total. The Balaban J connectivity index is 3.35. The van der Waals surface area contributed by atoms with Gasteiger partial charge in [-0.25, -0.2) is 0 Å². The molecule has 0 aliphatic heterocycles. The second kappa shape index (κ2) is 73.1. The van der Waals surface area contributed by atoms with Crippen molar-refractivity contribution in [2.75, 3.05) is 13.2 Å². The smallest absolute Gasteiger partial charge is 0.305 e. The minimum absolute atomic E-state index is 0.0108. The van der Waals surface area contributed by atoms with Gasteiger partial charge in [0, 0.05) is 12.8 Å². The van der Waals surface area contributed by atoms with Gasteiger partial charge in [0.2, 0.25) is 5.91 Å². The fraction of sp³-hybridized carbons (Fsp3) is 0.948. The van der Waals surface area contributed by atoms with Crippen LogP contribution in [0.15, 0.2) is 12.2 Å². The van der Waals surface area contributed by atoms with Gasteiger partial charge in [0.1, 0.15) is 0 Å². The summed E-state index contributed by atoms with van der Waals surface area (Å²) in [5.74, 6) is -0.0160. The molecule has 0 aromatic carbocycles. The molecule has 0 spiro atoms. The van der Waals surface area contributed by atoms with Gasteiger partial charge >= 0.3 is 5.97 Å². The molecule has 0 aliphatic rings. The predicted octanol–water partition coefficient (Wildman–Crippen LogP) is 25.1. The van der Waals surface area contributed by atoms with Crippen molar-refractivity contribution < 1.29 is 24.5 Å². The van der Waals surface area contributed by atoms with Crippen molar-refractivity contribution >= 4 is 11.9 Å². The monoisotopic (exact) mass is 1170 g/mol. The van der Waals surface area contributed by atoms with E-state index in [1.807, 2.05) is 0 Å². The topological polar surface area (TPSA) is 95.9 Å². The van der Waals surface area contributed by atoms with Gasteiger partial charge in [-0.3, -0.25) is 9.59 Å². The quantitative estimate of drug-likeness (QED) is 0.0320. The lowest BCUT2D eigenvalue weighted by Crippen LogP contribution is -2.45. The van der Waals surface area contributed by atoms with E-state index < -0.39 is 12.1 Å². The zero-order chi connectivity index (χ0) is 59.9. The summed E-state index contributed by atoms with van der Waals surface area (Å²) in [6.07, 6.45) is 91.4. The standard InChI is InChI=1S/C77H151NO5/c1-3-5-7-9-11-13-15-17-19-20-21-22-23-26-29-32-35-38-42-45-49-53-57-61-65-69-75(80)74(73-79)78-76(81)70-66-62-58-54-50-46-43-39-36-33-30-27-24-25-28-31-34-37-40-44-48-52-56-60-64-68-72-83-77(82)71-67-63-59-55-51-47-41-18-16-14-12-10-8-6-4-2/h18,41,74-75,79-80H,3-17,19-40,42-73H2,1-2H3,(H,78,81)/b41-18-. The molecule has 494 valence electrons. The van der Waals surface area contributed by atoms with Crippen LogP contribution in [0, 0.1) is 0 Å². The van der Waals surface area contributed by atoms with Gasteiger partial charge in [-0.15, -0.1) is 0 Å². The van der Waals surface area contributed by atoms with Gasteiger partial charge < -0.3 is 20.3 Å². The molecular weight excluding hydrogens is 1020 g/mol. The number of hydrogen-bond acceptors (Lipinski definition) is 5. The van der Waals surface area contributed by atoms with E-state index >= 15 is 0 Å². The van der Waals surface area contributed by atoms with E-state index in [1.165, 1.54) is 366 Å². The number of aliphatic hydroxyl groups excluding tert-OH is 2.